The Bertz CT molecular complexity index is 1230. The summed E-state index contributed by atoms with van der Waals surface area (Å²) in [5.41, 5.74) is -1.16. The summed E-state index contributed by atoms with van der Waals surface area (Å²) < 4.78 is 80.6. The first-order valence-electron chi connectivity index (χ1n) is 15.9. The molecule has 0 aromatic heterocycles. The number of carbonyl (C=O) groups excluding carboxylic acids is 1. The highest BCUT2D eigenvalue weighted by molar-refractivity contribution is 5.79. The summed E-state index contributed by atoms with van der Waals surface area (Å²) in [5.74, 6) is -0.448. The molecule has 2 aromatic carbocycles. The van der Waals surface area contributed by atoms with Crippen LogP contribution in [0, 0.1) is 6.92 Å². The number of benzene rings is 2. The summed E-state index contributed by atoms with van der Waals surface area (Å²) in [4.78, 5) is 20.3. The quantitative estimate of drug-likeness (QED) is 0.300. The highest BCUT2D eigenvalue weighted by Crippen LogP contribution is 2.39. The molecule has 10 heteroatoms. The lowest BCUT2D eigenvalue weighted by Crippen LogP contribution is -2.51. The van der Waals surface area contributed by atoms with E-state index in [4.69, 9.17) is 0 Å². The van der Waals surface area contributed by atoms with Crippen LogP contribution in [0.1, 0.15) is 79.2 Å². The van der Waals surface area contributed by atoms with Crippen molar-refractivity contribution in [3.8, 4) is 0 Å². The summed E-state index contributed by atoms with van der Waals surface area (Å²) in [6.07, 6.45) is -1.81. The fraction of sp³-hybridized carbons (Fsp3) is 0.618. The highest BCUT2D eigenvalue weighted by Gasteiger charge is 2.40. The smallest absolute Gasteiger partial charge is 0.342 e. The maximum Gasteiger partial charge on any atom is 0.416 e. The van der Waals surface area contributed by atoms with Gasteiger partial charge < -0.3 is 14.7 Å². The van der Waals surface area contributed by atoms with Gasteiger partial charge in [0.2, 0.25) is 5.91 Å². The predicted molar refractivity (Wildman–Crippen MR) is 158 cm³/mol. The van der Waals surface area contributed by atoms with Gasteiger partial charge in [0.1, 0.15) is 0 Å². The minimum Gasteiger partial charge on any atom is -0.342 e. The molecule has 0 saturated carbocycles. The van der Waals surface area contributed by atoms with E-state index in [-0.39, 0.29) is 17.0 Å². The molecule has 0 radical (unpaired) electrons. The topological polar surface area (TPSA) is 26.8 Å². The van der Waals surface area contributed by atoms with E-state index >= 15 is 0 Å². The molecule has 3 aliphatic rings. The van der Waals surface area contributed by atoms with Crippen molar-refractivity contribution >= 4 is 5.91 Å². The first-order valence-corrected chi connectivity index (χ1v) is 15.9. The van der Waals surface area contributed by atoms with Gasteiger partial charge in [0.25, 0.3) is 0 Å². The van der Waals surface area contributed by atoms with Crippen LogP contribution in [0.2, 0.25) is 0 Å². The number of likely N-dealkylation sites (tertiary alicyclic amines) is 3. The van der Waals surface area contributed by atoms with Crippen molar-refractivity contribution in [1.82, 2.24) is 14.7 Å². The Morgan fingerprint density at radius 1 is 0.818 bits per heavy atom. The summed E-state index contributed by atoms with van der Waals surface area (Å²) >= 11 is 0. The molecule has 1 atom stereocenters. The number of halogens is 6. The van der Waals surface area contributed by atoms with E-state index in [1.54, 1.807) is 4.90 Å². The maximum absolute atomic E-state index is 13.5. The zero-order valence-corrected chi connectivity index (χ0v) is 25.5. The van der Waals surface area contributed by atoms with Crippen LogP contribution in [0.4, 0.5) is 26.3 Å². The molecule has 3 aliphatic heterocycles. The Hall–Kier alpha value is -2.59. The van der Waals surface area contributed by atoms with Crippen LogP contribution in [0.15, 0.2) is 42.5 Å². The fourth-order valence-electron chi connectivity index (χ4n) is 7.41. The van der Waals surface area contributed by atoms with Crippen molar-refractivity contribution in [3.63, 3.8) is 0 Å². The molecule has 242 valence electrons. The number of alkyl halides is 6. The van der Waals surface area contributed by atoms with E-state index < -0.39 is 35.8 Å². The first-order chi connectivity index (χ1) is 20.8. The van der Waals surface area contributed by atoms with Crippen LogP contribution in [0.3, 0.4) is 0 Å². The molecule has 3 fully saturated rings. The molecule has 0 unspecified atom stereocenters. The molecule has 3 saturated heterocycles. The molecule has 4 nitrogen and oxygen atoms in total. The van der Waals surface area contributed by atoms with Gasteiger partial charge in [0, 0.05) is 24.5 Å². The van der Waals surface area contributed by atoms with E-state index in [2.05, 4.69) is 34.1 Å². The van der Waals surface area contributed by atoms with Crippen LogP contribution in [0.25, 0.3) is 0 Å². The Morgan fingerprint density at radius 3 is 2.02 bits per heavy atom. The van der Waals surface area contributed by atoms with Crippen LogP contribution in [-0.4, -0.2) is 72.5 Å². The average molecular weight is 624 g/mol. The Labute approximate surface area is 256 Å². The monoisotopic (exact) mass is 623 g/mol. The third kappa shape index (κ3) is 7.97. The van der Waals surface area contributed by atoms with Crippen LogP contribution >= 0.6 is 0 Å². The molecular weight excluding hydrogens is 580 g/mol. The zero-order chi connectivity index (χ0) is 31.5. The second kappa shape index (κ2) is 13.4. The number of nitrogens with zero attached hydrogens (tertiary/aromatic N) is 3. The molecule has 2 aromatic rings. The largest absolute Gasteiger partial charge is 0.416 e. The maximum atomic E-state index is 13.5. The number of carbonyl (C=O) groups is 1. The number of amides is 1. The van der Waals surface area contributed by atoms with E-state index in [9.17, 15) is 31.1 Å². The molecule has 0 aliphatic carbocycles. The molecule has 5 rings (SSSR count). The summed E-state index contributed by atoms with van der Waals surface area (Å²) in [6, 6.07) is 10.4. The van der Waals surface area contributed by atoms with Gasteiger partial charge in [-0.1, -0.05) is 36.2 Å². The SMILES string of the molecule is Cc1ccc([C@]2(CCN3CCC(N4CCCCC4)CC3)CCCN(C(=O)Cc3cc(C(F)(F)F)cc(C(F)(F)F)c3)C2)cc1. The number of aryl methyl sites for hydroxylation is 1. The molecule has 0 bridgehead atoms. The van der Waals surface area contributed by atoms with E-state index in [0.717, 1.165) is 56.4 Å². The van der Waals surface area contributed by atoms with Crippen molar-refractivity contribution in [1.29, 1.82) is 0 Å². The average Bonchev–Trinajstić information content (AvgIpc) is 3.00. The van der Waals surface area contributed by atoms with E-state index in [1.807, 2.05) is 6.92 Å². The lowest BCUT2D eigenvalue weighted by Gasteiger charge is -2.45. The second-order valence-corrected chi connectivity index (χ2v) is 13.1. The number of rotatable bonds is 7. The highest BCUT2D eigenvalue weighted by atomic mass is 19.4. The first kappa shape index (κ1) is 32.8. The molecular formula is C34H43F6N3O. The summed E-state index contributed by atoms with van der Waals surface area (Å²) in [6.45, 7) is 8.18. The van der Waals surface area contributed by atoms with Gasteiger partial charge in [-0.3, -0.25) is 4.79 Å². The molecule has 1 amide bonds. The number of hydrogen-bond donors (Lipinski definition) is 0. The van der Waals surface area contributed by atoms with Gasteiger partial charge in [-0.05, 0) is 114 Å². The summed E-state index contributed by atoms with van der Waals surface area (Å²) in [7, 11) is 0. The van der Waals surface area contributed by atoms with Crippen molar-refractivity contribution in [3.05, 3.63) is 70.3 Å². The Kier molecular flexibility index (Phi) is 10.00. The fourth-order valence-corrected chi connectivity index (χ4v) is 7.41. The van der Waals surface area contributed by atoms with Crippen molar-refractivity contribution < 1.29 is 31.1 Å². The van der Waals surface area contributed by atoms with Gasteiger partial charge in [0.15, 0.2) is 0 Å². The van der Waals surface area contributed by atoms with E-state index in [1.165, 1.54) is 32.4 Å². The Morgan fingerprint density at radius 2 is 1.43 bits per heavy atom. The van der Waals surface area contributed by atoms with Crippen LogP contribution in [-0.2, 0) is 29.0 Å². The van der Waals surface area contributed by atoms with Gasteiger partial charge in [-0.2, -0.15) is 26.3 Å². The zero-order valence-electron chi connectivity index (χ0n) is 25.5. The third-order valence-electron chi connectivity index (χ3n) is 9.97. The minimum atomic E-state index is -4.95. The molecule has 0 N–H and O–H groups in total. The van der Waals surface area contributed by atoms with Gasteiger partial charge in [0.05, 0.1) is 17.5 Å². The van der Waals surface area contributed by atoms with Gasteiger partial charge in [-0.25, -0.2) is 0 Å². The van der Waals surface area contributed by atoms with Crippen LogP contribution < -0.4 is 0 Å². The van der Waals surface area contributed by atoms with Gasteiger partial charge >= 0.3 is 12.4 Å². The van der Waals surface area contributed by atoms with Crippen molar-refractivity contribution in [2.45, 2.75) is 88.5 Å². The molecule has 3 heterocycles. The third-order valence-corrected chi connectivity index (χ3v) is 9.97. The summed E-state index contributed by atoms with van der Waals surface area (Å²) in [5, 5.41) is 0. The van der Waals surface area contributed by atoms with E-state index in [0.29, 0.717) is 37.7 Å². The van der Waals surface area contributed by atoms with Gasteiger partial charge in [-0.15, -0.1) is 0 Å². The molecule has 44 heavy (non-hydrogen) atoms. The lowest BCUT2D eigenvalue weighted by atomic mass is 9.71. The lowest BCUT2D eigenvalue weighted by molar-refractivity contribution is -0.143. The number of piperidine rings is 3. The van der Waals surface area contributed by atoms with Crippen molar-refractivity contribution in [2.75, 3.05) is 45.8 Å². The van der Waals surface area contributed by atoms with Crippen LogP contribution in [0.5, 0.6) is 0 Å². The standard InChI is InChI=1S/C34H43F6N3O/c1-25-6-8-27(9-7-25)32(13-19-41-17-10-30(11-18-41)42-14-3-2-4-15-42)12-5-16-43(24-32)31(44)22-26-20-28(33(35,36)37)23-29(21-26)34(38,39)40/h6-9,20-21,23,30H,2-5,10-19,22,24H2,1H3/t32-/m0/s1. The normalized spacial score (nSPS) is 23.2. The van der Waals surface area contributed by atoms with Crippen molar-refractivity contribution in [2.24, 2.45) is 0 Å². The Balaban J connectivity index is 1.30. The minimum absolute atomic E-state index is 0.104. The molecule has 0 spiro atoms. The second-order valence-electron chi connectivity index (χ2n) is 13.1. The number of hydrogen-bond acceptors (Lipinski definition) is 3. The predicted octanol–water partition coefficient (Wildman–Crippen LogP) is 7.48.